The molecule has 0 saturated heterocycles. The van der Waals surface area contributed by atoms with E-state index in [1.165, 1.54) is 31.5 Å². The Morgan fingerprint density at radius 3 is 2.89 bits per heavy atom. The fourth-order valence-corrected chi connectivity index (χ4v) is 5.50. The average molecular weight is 530 g/mol. The zero-order valence-electron chi connectivity index (χ0n) is 20.4. The van der Waals surface area contributed by atoms with Crippen molar-refractivity contribution in [3.8, 4) is 5.75 Å². The zero-order chi connectivity index (χ0) is 26.5. The summed E-state index contributed by atoms with van der Waals surface area (Å²) in [6.07, 6.45) is 3.04. The molecule has 200 valence electrons. The number of nitrogens with zero attached hydrogens (tertiary/aromatic N) is 3. The van der Waals surface area contributed by atoms with Gasteiger partial charge in [0.25, 0.3) is 11.8 Å². The van der Waals surface area contributed by atoms with Gasteiger partial charge in [0.1, 0.15) is 5.75 Å². The molecule has 1 saturated carbocycles. The van der Waals surface area contributed by atoms with Gasteiger partial charge in [0.2, 0.25) is 5.76 Å². The van der Waals surface area contributed by atoms with E-state index < -0.39 is 24.2 Å². The normalized spacial score (nSPS) is 20.2. The third-order valence-corrected chi connectivity index (χ3v) is 7.51. The van der Waals surface area contributed by atoms with Gasteiger partial charge in [-0.25, -0.2) is 4.98 Å². The Morgan fingerprint density at radius 1 is 1.32 bits per heavy atom. The Bertz CT molecular complexity index is 1380. The number of halogens is 3. The summed E-state index contributed by atoms with van der Waals surface area (Å²) in [5, 5.41) is 10.8. The Hall–Kier alpha value is -3.83. The Balaban J connectivity index is 1.26. The molecule has 6 rings (SSSR count). The predicted molar refractivity (Wildman–Crippen MR) is 126 cm³/mol. The third kappa shape index (κ3) is 4.74. The van der Waals surface area contributed by atoms with Crippen molar-refractivity contribution in [3.05, 3.63) is 64.6 Å². The summed E-state index contributed by atoms with van der Waals surface area (Å²) in [5.41, 5.74) is 2.76. The van der Waals surface area contributed by atoms with Crippen molar-refractivity contribution in [3.63, 3.8) is 0 Å². The van der Waals surface area contributed by atoms with E-state index in [0.717, 1.165) is 17.5 Å². The van der Waals surface area contributed by atoms with E-state index in [2.05, 4.69) is 15.6 Å². The smallest absolute Gasteiger partial charge is 0.422 e. The number of oxazole rings is 1. The molecular formula is C26H26F3N5O4. The first-order valence-electron chi connectivity index (χ1n) is 12.6. The van der Waals surface area contributed by atoms with Crippen LogP contribution in [0.2, 0.25) is 0 Å². The Morgan fingerprint density at radius 2 is 2.16 bits per heavy atom. The number of ether oxygens (including phenoxy) is 1. The molecule has 1 aliphatic heterocycles. The molecule has 3 aromatic rings. The molecule has 2 aromatic heterocycles. The van der Waals surface area contributed by atoms with E-state index >= 15 is 0 Å². The van der Waals surface area contributed by atoms with Crippen molar-refractivity contribution in [1.82, 2.24) is 25.4 Å². The van der Waals surface area contributed by atoms with Crippen LogP contribution in [0.15, 0.2) is 35.2 Å². The maximum atomic E-state index is 13.5. The Kier molecular flexibility index (Phi) is 5.92. The predicted octanol–water partition coefficient (Wildman–Crippen LogP) is 3.67. The minimum atomic E-state index is -4.42. The molecule has 12 heteroatoms. The van der Waals surface area contributed by atoms with Crippen LogP contribution in [0, 0.1) is 5.92 Å². The monoisotopic (exact) mass is 529 g/mol. The number of carbonyl (C=O) groups is 2. The number of alkyl halides is 3. The fourth-order valence-electron chi connectivity index (χ4n) is 5.50. The lowest BCUT2D eigenvalue weighted by atomic mass is 9.82. The van der Waals surface area contributed by atoms with E-state index in [4.69, 9.17) is 14.3 Å². The van der Waals surface area contributed by atoms with Gasteiger partial charge >= 0.3 is 6.18 Å². The van der Waals surface area contributed by atoms with Gasteiger partial charge in [0.15, 0.2) is 13.0 Å². The molecule has 0 bridgehead atoms. The number of amides is 2. The minimum absolute atomic E-state index is 0.0764. The summed E-state index contributed by atoms with van der Waals surface area (Å²) in [5.74, 6) is 0.163. The molecule has 2 N–H and O–H groups in total. The SMILES string of the molecule is O=C(NCc1c2c(nn1CCC1CC1)C[C@]1(CCc3cc(OCC(F)(F)F)ccc31)NC2=O)c1cnco1. The van der Waals surface area contributed by atoms with Crippen molar-refractivity contribution in [2.24, 2.45) is 5.92 Å². The number of hydrogen-bond donors (Lipinski definition) is 2. The lowest BCUT2D eigenvalue weighted by molar-refractivity contribution is -0.153. The highest BCUT2D eigenvalue weighted by molar-refractivity contribution is 5.99. The van der Waals surface area contributed by atoms with Crippen molar-refractivity contribution >= 4 is 11.8 Å². The molecule has 1 atom stereocenters. The standard InChI is InChI=1S/C26H26F3N5O4/c27-26(28,29)13-37-17-3-4-18-16(9-17)5-7-25(18)10-19-22(24(36)32-25)20(34(33-19)8-6-15-1-2-15)11-31-23(35)21-12-30-14-38-21/h3-4,9,12,14-15H,1-2,5-8,10-11,13H2,(H,31,35)(H,32,36)/t25-/m0/s1. The van der Waals surface area contributed by atoms with Gasteiger partial charge in [0, 0.05) is 13.0 Å². The van der Waals surface area contributed by atoms with Crippen LogP contribution in [0.5, 0.6) is 5.75 Å². The van der Waals surface area contributed by atoms with Gasteiger partial charge in [-0.2, -0.15) is 18.3 Å². The van der Waals surface area contributed by atoms with Crippen molar-refractivity contribution in [1.29, 1.82) is 0 Å². The van der Waals surface area contributed by atoms with Crippen LogP contribution in [0.3, 0.4) is 0 Å². The second-order valence-corrected chi connectivity index (χ2v) is 10.2. The molecule has 0 unspecified atom stereocenters. The molecule has 38 heavy (non-hydrogen) atoms. The molecule has 9 nitrogen and oxygen atoms in total. The number of aromatic nitrogens is 3. The van der Waals surface area contributed by atoms with E-state index in [-0.39, 0.29) is 24.0 Å². The minimum Gasteiger partial charge on any atom is -0.484 e. The summed E-state index contributed by atoms with van der Waals surface area (Å²) in [7, 11) is 0. The Labute approximate surface area is 215 Å². The van der Waals surface area contributed by atoms with Gasteiger partial charge < -0.3 is 19.8 Å². The van der Waals surface area contributed by atoms with Gasteiger partial charge in [-0.1, -0.05) is 18.9 Å². The molecular weight excluding hydrogens is 503 g/mol. The largest absolute Gasteiger partial charge is 0.484 e. The summed E-state index contributed by atoms with van der Waals surface area (Å²) >= 11 is 0. The van der Waals surface area contributed by atoms with Crippen molar-refractivity contribution in [2.75, 3.05) is 6.61 Å². The molecule has 0 radical (unpaired) electrons. The number of aryl methyl sites for hydroxylation is 2. The van der Waals surface area contributed by atoms with Gasteiger partial charge in [-0.05, 0) is 48.4 Å². The highest BCUT2D eigenvalue weighted by atomic mass is 19.4. The summed E-state index contributed by atoms with van der Waals surface area (Å²) < 4.78 is 49.5. The molecule has 2 aliphatic carbocycles. The molecule has 2 amide bonds. The van der Waals surface area contributed by atoms with Gasteiger partial charge in [-0.3, -0.25) is 14.3 Å². The number of benzene rings is 1. The first-order valence-corrected chi connectivity index (χ1v) is 12.6. The van der Waals surface area contributed by atoms with Crippen LogP contribution in [-0.2, 0) is 31.5 Å². The number of hydrogen-bond acceptors (Lipinski definition) is 6. The lowest BCUT2D eigenvalue weighted by Crippen LogP contribution is -2.50. The van der Waals surface area contributed by atoms with Crippen molar-refractivity contribution < 1.29 is 31.9 Å². The molecule has 1 aromatic carbocycles. The van der Waals surface area contributed by atoms with Crippen LogP contribution in [0.1, 0.15) is 69.1 Å². The van der Waals surface area contributed by atoms with E-state index in [0.29, 0.717) is 48.7 Å². The number of nitrogens with one attached hydrogen (secondary N) is 2. The first-order chi connectivity index (χ1) is 18.2. The van der Waals surface area contributed by atoms with Crippen molar-refractivity contribution in [2.45, 2.75) is 63.3 Å². The van der Waals surface area contributed by atoms with Crippen LogP contribution >= 0.6 is 0 Å². The fraction of sp³-hybridized carbons (Fsp3) is 0.462. The highest BCUT2D eigenvalue weighted by Crippen LogP contribution is 2.44. The molecule has 3 aliphatic rings. The van der Waals surface area contributed by atoms with Gasteiger partial charge in [-0.15, -0.1) is 0 Å². The highest BCUT2D eigenvalue weighted by Gasteiger charge is 2.46. The molecule has 3 heterocycles. The van der Waals surface area contributed by atoms with Crippen LogP contribution in [0.4, 0.5) is 13.2 Å². The van der Waals surface area contributed by atoms with E-state index in [1.54, 1.807) is 12.1 Å². The van der Waals surface area contributed by atoms with E-state index in [1.807, 2.05) is 4.68 Å². The maximum Gasteiger partial charge on any atom is 0.422 e. The number of fused-ring (bicyclic) bond motifs is 3. The lowest BCUT2D eigenvalue weighted by Gasteiger charge is -2.35. The topological polar surface area (TPSA) is 111 Å². The van der Waals surface area contributed by atoms with Gasteiger partial charge in [0.05, 0.1) is 35.2 Å². The molecule has 1 spiro atoms. The summed E-state index contributed by atoms with van der Waals surface area (Å²) in [6.45, 7) is -0.615. The zero-order valence-corrected chi connectivity index (χ0v) is 20.4. The average Bonchev–Trinajstić information content (AvgIpc) is 3.26. The van der Waals surface area contributed by atoms with E-state index in [9.17, 15) is 22.8 Å². The number of carbonyl (C=O) groups excluding carboxylic acids is 2. The van der Waals surface area contributed by atoms with Crippen LogP contribution in [-0.4, -0.2) is 39.4 Å². The second-order valence-electron chi connectivity index (χ2n) is 10.2. The summed E-state index contributed by atoms with van der Waals surface area (Å²) in [4.78, 5) is 29.8. The maximum absolute atomic E-state index is 13.5. The number of rotatable bonds is 8. The first kappa shape index (κ1) is 24.5. The molecule has 1 fully saturated rings. The second kappa shape index (κ2) is 9.17. The quantitative estimate of drug-likeness (QED) is 0.461. The summed E-state index contributed by atoms with van der Waals surface area (Å²) in [6, 6.07) is 4.87. The van der Waals surface area contributed by atoms with Crippen LogP contribution in [0.25, 0.3) is 0 Å². The van der Waals surface area contributed by atoms with Crippen LogP contribution < -0.4 is 15.4 Å². The third-order valence-electron chi connectivity index (χ3n) is 7.51.